The van der Waals surface area contributed by atoms with Gasteiger partial charge in [0, 0.05) is 17.0 Å². The fourth-order valence-electron chi connectivity index (χ4n) is 2.65. The molecule has 2 aromatic heterocycles. The van der Waals surface area contributed by atoms with E-state index in [1.165, 1.54) is 5.52 Å². The molecule has 4 heteroatoms. The fourth-order valence-corrected chi connectivity index (χ4v) is 3.58. The van der Waals surface area contributed by atoms with E-state index in [1.54, 1.807) is 11.3 Å². The Morgan fingerprint density at radius 2 is 2.05 bits per heavy atom. The van der Waals surface area contributed by atoms with Crippen molar-refractivity contribution in [3.63, 3.8) is 0 Å². The molecule has 104 valence electrons. The van der Waals surface area contributed by atoms with Gasteiger partial charge in [-0.25, -0.2) is 9.97 Å². The number of nitrogens with zero attached hydrogens (tertiary/aromatic N) is 3. The van der Waals surface area contributed by atoms with Gasteiger partial charge in [-0.15, -0.1) is 11.3 Å². The minimum Gasteiger partial charge on any atom is -0.326 e. The molecule has 0 fully saturated rings. The number of para-hydroxylation sites is 1. The fraction of sp³-hybridized carbons (Fsp3) is 0.375. The van der Waals surface area contributed by atoms with Gasteiger partial charge in [-0.05, 0) is 39.3 Å². The number of imidazole rings is 1. The lowest BCUT2D eigenvalue weighted by molar-refractivity contribution is 0.600. The van der Waals surface area contributed by atoms with Crippen molar-refractivity contribution in [1.29, 1.82) is 0 Å². The molecule has 0 bridgehead atoms. The van der Waals surface area contributed by atoms with Crippen LogP contribution in [0.1, 0.15) is 38.3 Å². The smallest absolute Gasteiger partial charge is 0.125 e. The van der Waals surface area contributed by atoms with Crippen LogP contribution in [-0.4, -0.2) is 14.5 Å². The second-order valence-electron chi connectivity index (χ2n) is 5.29. The quantitative estimate of drug-likeness (QED) is 0.703. The van der Waals surface area contributed by atoms with Crippen molar-refractivity contribution in [2.45, 2.75) is 40.2 Å². The molecule has 20 heavy (non-hydrogen) atoms. The van der Waals surface area contributed by atoms with Gasteiger partial charge in [0.25, 0.3) is 0 Å². The molecule has 0 saturated heterocycles. The monoisotopic (exact) mass is 285 g/mol. The van der Waals surface area contributed by atoms with E-state index in [-0.39, 0.29) is 0 Å². The highest BCUT2D eigenvalue weighted by Crippen LogP contribution is 2.32. The minimum absolute atomic E-state index is 0.415. The lowest BCUT2D eigenvalue weighted by Gasteiger charge is -2.10. The Hall–Kier alpha value is -1.68. The van der Waals surface area contributed by atoms with Crippen molar-refractivity contribution >= 4 is 22.4 Å². The van der Waals surface area contributed by atoms with Crippen molar-refractivity contribution in [2.75, 3.05) is 0 Å². The highest BCUT2D eigenvalue weighted by atomic mass is 32.1. The molecule has 3 rings (SSSR count). The van der Waals surface area contributed by atoms with Crippen LogP contribution >= 0.6 is 11.3 Å². The minimum atomic E-state index is 0.415. The third kappa shape index (κ3) is 2.04. The number of benzene rings is 1. The standard InChI is InChI=1S/C16H19N3S/c1-5-12-9-20-16(18-12)13-7-6-8-14-15(13)17-11(4)19(14)10(2)3/h6-10H,5H2,1-4H3. The molecular formula is C16H19N3S. The molecule has 0 atom stereocenters. The predicted octanol–water partition coefficient (Wildman–Crippen LogP) is 4.61. The van der Waals surface area contributed by atoms with Gasteiger partial charge in [0.1, 0.15) is 10.8 Å². The van der Waals surface area contributed by atoms with Crippen LogP contribution in [0, 0.1) is 6.92 Å². The molecule has 0 amide bonds. The number of rotatable bonds is 3. The Morgan fingerprint density at radius 1 is 1.25 bits per heavy atom. The van der Waals surface area contributed by atoms with Crippen LogP contribution in [0.25, 0.3) is 21.6 Å². The molecule has 3 aromatic rings. The molecule has 0 aliphatic rings. The maximum atomic E-state index is 4.78. The van der Waals surface area contributed by atoms with Crippen LogP contribution < -0.4 is 0 Å². The number of aryl methyl sites for hydroxylation is 2. The lowest BCUT2D eigenvalue weighted by Crippen LogP contribution is -2.02. The van der Waals surface area contributed by atoms with Crippen molar-refractivity contribution in [3.8, 4) is 10.6 Å². The van der Waals surface area contributed by atoms with E-state index >= 15 is 0 Å². The summed E-state index contributed by atoms with van der Waals surface area (Å²) < 4.78 is 2.28. The summed E-state index contributed by atoms with van der Waals surface area (Å²) in [7, 11) is 0. The maximum absolute atomic E-state index is 4.78. The number of aromatic nitrogens is 3. The first kappa shape index (κ1) is 13.3. The van der Waals surface area contributed by atoms with Crippen LogP contribution in [0.3, 0.4) is 0 Å². The van der Waals surface area contributed by atoms with Gasteiger partial charge >= 0.3 is 0 Å². The first-order chi connectivity index (χ1) is 9.61. The second kappa shape index (κ2) is 5.02. The van der Waals surface area contributed by atoms with Crippen molar-refractivity contribution in [3.05, 3.63) is 35.1 Å². The van der Waals surface area contributed by atoms with Crippen LogP contribution in [0.15, 0.2) is 23.6 Å². The average Bonchev–Trinajstić information content (AvgIpc) is 3.00. The Morgan fingerprint density at radius 3 is 2.70 bits per heavy atom. The molecule has 2 heterocycles. The number of fused-ring (bicyclic) bond motifs is 1. The Balaban J connectivity index is 2.24. The van der Waals surface area contributed by atoms with E-state index < -0.39 is 0 Å². The van der Waals surface area contributed by atoms with E-state index in [2.05, 4.69) is 55.8 Å². The zero-order valence-corrected chi connectivity index (χ0v) is 13.2. The third-order valence-electron chi connectivity index (χ3n) is 3.56. The van der Waals surface area contributed by atoms with E-state index in [0.29, 0.717) is 6.04 Å². The lowest BCUT2D eigenvalue weighted by atomic mass is 10.2. The first-order valence-corrected chi connectivity index (χ1v) is 7.92. The molecule has 0 aliphatic heterocycles. The first-order valence-electron chi connectivity index (χ1n) is 7.04. The van der Waals surface area contributed by atoms with Gasteiger partial charge in [-0.3, -0.25) is 0 Å². The molecule has 3 nitrogen and oxygen atoms in total. The van der Waals surface area contributed by atoms with Gasteiger partial charge in [0.05, 0.1) is 16.7 Å². The molecule has 0 radical (unpaired) electrons. The van der Waals surface area contributed by atoms with Crippen molar-refractivity contribution in [2.24, 2.45) is 0 Å². The van der Waals surface area contributed by atoms with Gasteiger partial charge in [-0.1, -0.05) is 13.0 Å². The summed E-state index contributed by atoms with van der Waals surface area (Å²) in [6, 6.07) is 6.79. The Labute approximate surface area is 123 Å². The summed E-state index contributed by atoms with van der Waals surface area (Å²) >= 11 is 1.71. The van der Waals surface area contributed by atoms with Gasteiger partial charge < -0.3 is 4.57 Å². The zero-order valence-electron chi connectivity index (χ0n) is 12.3. The molecule has 0 saturated carbocycles. The summed E-state index contributed by atoms with van der Waals surface area (Å²) in [4.78, 5) is 9.48. The van der Waals surface area contributed by atoms with E-state index in [0.717, 1.165) is 34.0 Å². The zero-order chi connectivity index (χ0) is 14.3. The van der Waals surface area contributed by atoms with E-state index in [9.17, 15) is 0 Å². The Kier molecular flexibility index (Phi) is 3.34. The molecule has 0 unspecified atom stereocenters. The SMILES string of the molecule is CCc1csc(-c2cccc3c2nc(C)n3C(C)C)n1. The van der Waals surface area contributed by atoms with E-state index in [1.807, 2.05) is 0 Å². The van der Waals surface area contributed by atoms with Crippen LogP contribution in [0.5, 0.6) is 0 Å². The molecular weight excluding hydrogens is 266 g/mol. The number of hydrogen-bond acceptors (Lipinski definition) is 3. The van der Waals surface area contributed by atoms with Crippen LogP contribution in [0.4, 0.5) is 0 Å². The number of hydrogen-bond donors (Lipinski definition) is 0. The van der Waals surface area contributed by atoms with Crippen molar-refractivity contribution in [1.82, 2.24) is 14.5 Å². The Bertz CT molecular complexity index is 752. The third-order valence-corrected chi connectivity index (χ3v) is 4.48. The second-order valence-corrected chi connectivity index (χ2v) is 6.15. The van der Waals surface area contributed by atoms with Gasteiger partial charge in [0.15, 0.2) is 0 Å². The topological polar surface area (TPSA) is 30.7 Å². The summed E-state index contributed by atoms with van der Waals surface area (Å²) in [5.74, 6) is 1.06. The molecule has 0 spiro atoms. The van der Waals surface area contributed by atoms with Crippen LogP contribution in [0.2, 0.25) is 0 Å². The highest BCUT2D eigenvalue weighted by molar-refractivity contribution is 7.13. The number of thiazole rings is 1. The largest absolute Gasteiger partial charge is 0.326 e. The van der Waals surface area contributed by atoms with E-state index in [4.69, 9.17) is 9.97 Å². The van der Waals surface area contributed by atoms with Gasteiger partial charge in [0.2, 0.25) is 0 Å². The average molecular weight is 285 g/mol. The highest BCUT2D eigenvalue weighted by Gasteiger charge is 2.15. The molecule has 0 N–H and O–H groups in total. The molecule has 1 aromatic carbocycles. The van der Waals surface area contributed by atoms with Gasteiger partial charge in [-0.2, -0.15) is 0 Å². The summed E-state index contributed by atoms with van der Waals surface area (Å²) in [6.45, 7) is 8.60. The summed E-state index contributed by atoms with van der Waals surface area (Å²) in [5, 5.41) is 3.21. The van der Waals surface area contributed by atoms with Crippen LogP contribution in [-0.2, 0) is 6.42 Å². The summed E-state index contributed by atoms with van der Waals surface area (Å²) in [5.41, 5.74) is 4.57. The predicted molar refractivity (Wildman–Crippen MR) is 85.3 cm³/mol. The normalized spacial score (nSPS) is 11.7. The maximum Gasteiger partial charge on any atom is 0.125 e. The summed E-state index contributed by atoms with van der Waals surface area (Å²) in [6.07, 6.45) is 0.978. The molecule has 0 aliphatic carbocycles. The van der Waals surface area contributed by atoms with Crippen molar-refractivity contribution < 1.29 is 0 Å².